The highest BCUT2D eigenvalue weighted by molar-refractivity contribution is 5.94. The van der Waals surface area contributed by atoms with Crippen LogP contribution >= 0.6 is 0 Å². The quantitative estimate of drug-likeness (QED) is 0.796. The summed E-state index contributed by atoms with van der Waals surface area (Å²) >= 11 is 0. The summed E-state index contributed by atoms with van der Waals surface area (Å²) in [5, 5.41) is 3.11. The van der Waals surface area contributed by atoms with Crippen molar-refractivity contribution in [1.82, 2.24) is 10.2 Å². The molecule has 1 saturated heterocycles. The second-order valence-corrected chi connectivity index (χ2v) is 8.78. The van der Waals surface area contributed by atoms with Crippen LogP contribution in [0.1, 0.15) is 42.3 Å². The van der Waals surface area contributed by atoms with Gasteiger partial charge in [0, 0.05) is 50.0 Å². The molecular formula is C25H33N3O2. The highest BCUT2D eigenvalue weighted by atomic mass is 16.5. The standard InChI is InChI=1S/C25H33N3O2/c1-18(28-13-12-22-6-4-5-7-24(22)28)14-26-25(29)23-10-8-21(9-11-23)17-27-15-19(2)30-20(3)16-27/h4-11,18-20H,12-17H2,1-3H3,(H,26,29). The van der Waals surface area contributed by atoms with Crippen molar-refractivity contribution < 1.29 is 9.53 Å². The van der Waals surface area contributed by atoms with E-state index in [0.29, 0.717) is 6.54 Å². The molecule has 4 rings (SSSR count). The number of rotatable bonds is 6. The maximum Gasteiger partial charge on any atom is 0.251 e. The zero-order chi connectivity index (χ0) is 21.1. The average molecular weight is 408 g/mol. The number of benzene rings is 2. The number of carbonyl (C=O) groups is 1. The van der Waals surface area contributed by atoms with Crippen LogP contribution in [0, 0.1) is 0 Å². The third-order valence-electron chi connectivity index (χ3n) is 6.13. The normalized spacial score (nSPS) is 22.6. The summed E-state index contributed by atoms with van der Waals surface area (Å²) in [6.45, 7) is 10.9. The van der Waals surface area contributed by atoms with Crippen LogP contribution in [0.3, 0.4) is 0 Å². The summed E-state index contributed by atoms with van der Waals surface area (Å²) in [6, 6.07) is 16.8. The number of ether oxygens (including phenoxy) is 1. The number of morpholine rings is 1. The first-order valence-electron chi connectivity index (χ1n) is 11.1. The van der Waals surface area contributed by atoms with E-state index in [2.05, 4.69) is 72.3 Å². The van der Waals surface area contributed by atoms with Crippen molar-refractivity contribution in [3.05, 3.63) is 65.2 Å². The molecule has 2 aromatic carbocycles. The van der Waals surface area contributed by atoms with Crippen LogP contribution in [0.15, 0.2) is 48.5 Å². The Balaban J connectivity index is 1.29. The van der Waals surface area contributed by atoms with Crippen molar-refractivity contribution in [2.75, 3.05) is 31.1 Å². The van der Waals surface area contributed by atoms with Gasteiger partial charge in [-0.3, -0.25) is 9.69 Å². The topological polar surface area (TPSA) is 44.8 Å². The molecule has 160 valence electrons. The van der Waals surface area contributed by atoms with Gasteiger partial charge in [-0.25, -0.2) is 0 Å². The molecule has 1 amide bonds. The molecule has 0 bridgehead atoms. The number of nitrogens with zero attached hydrogens (tertiary/aromatic N) is 2. The van der Waals surface area contributed by atoms with Crippen molar-refractivity contribution in [3.63, 3.8) is 0 Å². The molecule has 30 heavy (non-hydrogen) atoms. The van der Waals surface area contributed by atoms with Gasteiger partial charge in [0.25, 0.3) is 5.91 Å². The van der Waals surface area contributed by atoms with E-state index >= 15 is 0 Å². The molecule has 1 N–H and O–H groups in total. The minimum Gasteiger partial charge on any atom is -0.373 e. The van der Waals surface area contributed by atoms with Gasteiger partial charge in [-0.05, 0) is 56.5 Å². The molecular weight excluding hydrogens is 374 g/mol. The van der Waals surface area contributed by atoms with Gasteiger partial charge in [0.15, 0.2) is 0 Å². The summed E-state index contributed by atoms with van der Waals surface area (Å²) in [6.07, 6.45) is 1.61. The Bertz CT molecular complexity index is 857. The first-order valence-corrected chi connectivity index (χ1v) is 11.1. The first-order chi connectivity index (χ1) is 14.5. The van der Waals surface area contributed by atoms with Crippen LogP contribution in [-0.4, -0.2) is 55.2 Å². The lowest BCUT2D eigenvalue weighted by atomic mass is 10.1. The molecule has 3 unspecified atom stereocenters. The number of anilines is 1. The highest BCUT2D eigenvalue weighted by Gasteiger charge is 2.24. The van der Waals surface area contributed by atoms with Gasteiger partial charge in [-0.1, -0.05) is 30.3 Å². The van der Waals surface area contributed by atoms with Crippen LogP contribution in [0.25, 0.3) is 0 Å². The Morgan fingerprint density at radius 3 is 2.53 bits per heavy atom. The average Bonchev–Trinajstić information content (AvgIpc) is 3.16. The van der Waals surface area contributed by atoms with Gasteiger partial charge < -0.3 is 15.0 Å². The minimum atomic E-state index is -0.00509. The second-order valence-electron chi connectivity index (χ2n) is 8.78. The Morgan fingerprint density at radius 1 is 1.10 bits per heavy atom. The van der Waals surface area contributed by atoms with E-state index in [1.807, 2.05) is 12.1 Å². The maximum absolute atomic E-state index is 12.6. The number of para-hydroxylation sites is 1. The number of hydrogen-bond donors (Lipinski definition) is 1. The first kappa shape index (κ1) is 20.9. The fraction of sp³-hybridized carbons (Fsp3) is 0.480. The summed E-state index contributed by atoms with van der Waals surface area (Å²) in [4.78, 5) is 17.5. The molecule has 0 spiro atoms. The lowest BCUT2D eigenvalue weighted by molar-refractivity contribution is -0.0704. The predicted octanol–water partition coefficient (Wildman–Crippen LogP) is 3.48. The minimum absolute atomic E-state index is 0.00509. The number of hydrogen-bond acceptors (Lipinski definition) is 4. The Labute approximate surface area is 180 Å². The highest BCUT2D eigenvalue weighted by Crippen LogP contribution is 2.28. The van der Waals surface area contributed by atoms with Crippen LogP contribution in [-0.2, 0) is 17.7 Å². The van der Waals surface area contributed by atoms with E-state index in [-0.39, 0.29) is 24.2 Å². The van der Waals surface area contributed by atoms with E-state index in [0.717, 1.165) is 38.2 Å². The largest absolute Gasteiger partial charge is 0.373 e. The fourth-order valence-electron chi connectivity index (χ4n) is 4.71. The van der Waals surface area contributed by atoms with Gasteiger partial charge in [0.2, 0.25) is 0 Å². The fourth-order valence-corrected chi connectivity index (χ4v) is 4.71. The van der Waals surface area contributed by atoms with Crippen molar-refractivity contribution in [2.24, 2.45) is 0 Å². The Hall–Kier alpha value is -2.37. The maximum atomic E-state index is 12.6. The molecule has 2 aromatic rings. The zero-order valence-corrected chi connectivity index (χ0v) is 18.3. The van der Waals surface area contributed by atoms with E-state index < -0.39 is 0 Å². The third-order valence-corrected chi connectivity index (χ3v) is 6.13. The molecule has 2 heterocycles. The molecule has 2 aliphatic rings. The molecule has 3 atom stereocenters. The van der Waals surface area contributed by atoms with Crippen molar-refractivity contribution in [1.29, 1.82) is 0 Å². The summed E-state index contributed by atoms with van der Waals surface area (Å²) in [5.41, 5.74) is 4.65. The summed E-state index contributed by atoms with van der Waals surface area (Å²) in [5.74, 6) is -0.00509. The van der Waals surface area contributed by atoms with E-state index in [4.69, 9.17) is 4.74 Å². The van der Waals surface area contributed by atoms with Crippen LogP contribution in [0.5, 0.6) is 0 Å². The number of amides is 1. The lowest BCUT2D eigenvalue weighted by Gasteiger charge is -2.35. The van der Waals surface area contributed by atoms with E-state index in [1.54, 1.807) is 0 Å². The predicted molar refractivity (Wildman–Crippen MR) is 121 cm³/mol. The summed E-state index contributed by atoms with van der Waals surface area (Å²) < 4.78 is 5.81. The molecule has 0 aliphatic carbocycles. The van der Waals surface area contributed by atoms with E-state index in [9.17, 15) is 4.79 Å². The van der Waals surface area contributed by atoms with Crippen molar-refractivity contribution in [2.45, 2.75) is 52.0 Å². The molecule has 0 saturated carbocycles. The molecule has 1 fully saturated rings. The Kier molecular flexibility index (Phi) is 6.40. The van der Waals surface area contributed by atoms with Crippen LogP contribution < -0.4 is 10.2 Å². The monoisotopic (exact) mass is 407 g/mol. The van der Waals surface area contributed by atoms with Crippen molar-refractivity contribution in [3.8, 4) is 0 Å². The SMILES string of the molecule is CC1CN(Cc2ccc(C(=O)NCC(C)N3CCc4ccccc43)cc2)CC(C)O1. The van der Waals surface area contributed by atoms with Gasteiger partial charge in [0.1, 0.15) is 0 Å². The third kappa shape index (κ3) is 4.85. The second kappa shape index (κ2) is 9.19. The Morgan fingerprint density at radius 2 is 1.80 bits per heavy atom. The number of carbonyl (C=O) groups excluding carboxylic acids is 1. The molecule has 0 radical (unpaired) electrons. The van der Waals surface area contributed by atoms with Gasteiger partial charge in [-0.2, -0.15) is 0 Å². The number of nitrogens with one attached hydrogen (secondary N) is 1. The zero-order valence-electron chi connectivity index (χ0n) is 18.3. The van der Waals surface area contributed by atoms with Gasteiger partial charge in [-0.15, -0.1) is 0 Å². The molecule has 5 heteroatoms. The molecule has 2 aliphatic heterocycles. The van der Waals surface area contributed by atoms with E-state index in [1.165, 1.54) is 16.8 Å². The summed E-state index contributed by atoms with van der Waals surface area (Å²) in [7, 11) is 0. The van der Waals surface area contributed by atoms with Crippen molar-refractivity contribution >= 4 is 11.6 Å². The molecule has 0 aromatic heterocycles. The lowest BCUT2D eigenvalue weighted by Crippen LogP contribution is -2.44. The smallest absolute Gasteiger partial charge is 0.251 e. The number of fused-ring (bicyclic) bond motifs is 1. The molecule has 5 nitrogen and oxygen atoms in total. The van der Waals surface area contributed by atoms with Crippen LogP contribution in [0.2, 0.25) is 0 Å². The van der Waals surface area contributed by atoms with Gasteiger partial charge in [0.05, 0.1) is 12.2 Å². The van der Waals surface area contributed by atoms with Gasteiger partial charge >= 0.3 is 0 Å². The van der Waals surface area contributed by atoms with Crippen LogP contribution in [0.4, 0.5) is 5.69 Å².